The molecule has 1 aromatic rings. The third kappa shape index (κ3) is 5.10. The van der Waals surface area contributed by atoms with Gasteiger partial charge in [0.1, 0.15) is 6.61 Å². The molecule has 1 aromatic carbocycles. The standard InChI is InChI=1S/C21H35NO3Si/c1-16-13-22(20(23)24-15-18-11-9-8-10-12-18)14-17(2)19(16)25-26(6,7)21(3,4)5/h8-12,16-17,19H,13-15H2,1-7H3/t16-,17+,19?. The number of nitrogens with zero attached hydrogens (tertiary/aromatic N) is 1. The monoisotopic (exact) mass is 377 g/mol. The van der Waals surface area contributed by atoms with Crippen molar-refractivity contribution >= 4 is 14.4 Å². The highest BCUT2D eigenvalue weighted by Crippen LogP contribution is 2.40. The molecular weight excluding hydrogens is 342 g/mol. The van der Waals surface area contributed by atoms with Crippen molar-refractivity contribution in [1.29, 1.82) is 0 Å². The largest absolute Gasteiger partial charge is 0.445 e. The molecule has 1 aliphatic heterocycles. The fourth-order valence-corrected chi connectivity index (χ4v) is 4.75. The maximum absolute atomic E-state index is 12.5. The molecule has 0 spiro atoms. The second kappa shape index (κ2) is 8.13. The summed E-state index contributed by atoms with van der Waals surface area (Å²) >= 11 is 0. The van der Waals surface area contributed by atoms with Gasteiger partial charge in [0.25, 0.3) is 0 Å². The fraction of sp³-hybridized carbons (Fsp3) is 0.667. The number of ether oxygens (including phenoxy) is 1. The van der Waals surface area contributed by atoms with E-state index in [2.05, 4.69) is 47.7 Å². The highest BCUT2D eigenvalue weighted by atomic mass is 28.4. The summed E-state index contributed by atoms with van der Waals surface area (Å²) < 4.78 is 12.2. The molecule has 0 radical (unpaired) electrons. The van der Waals surface area contributed by atoms with Crippen molar-refractivity contribution in [3.8, 4) is 0 Å². The van der Waals surface area contributed by atoms with Gasteiger partial charge in [-0.05, 0) is 35.5 Å². The smallest absolute Gasteiger partial charge is 0.410 e. The van der Waals surface area contributed by atoms with Crippen LogP contribution in [-0.2, 0) is 15.8 Å². The summed E-state index contributed by atoms with van der Waals surface area (Å²) in [6.45, 7) is 17.5. The van der Waals surface area contributed by atoms with Crippen LogP contribution >= 0.6 is 0 Å². The molecule has 2 rings (SSSR count). The molecule has 0 saturated carbocycles. The normalized spacial score (nSPS) is 24.4. The summed E-state index contributed by atoms with van der Waals surface area (Å²) in [5.74, 6) is 0.606. The third-order valence-corrected chi connectivity index (χ3v) is 10.3. The van der Waals surface area contributed by atoms with Crippen LogP contribution in [0.15, 0.2) is 30.3 Å². The average Bonchev–Trinajstić information content (AvgIpc) is 2.55. The SMILES string of the molecule is C[C@@H]1CN(C(=O)OCc2ccccc2)C[C@H](C)C1O[Si](C)(C)C(C)(C)C. The first-order valence-electron chi connectivity index (χ1n) is 9.64. The van der Waals surface area contributed by atoms with Gasteiger partial charge in [0.15, 0.2) is 8.32 Å². The van der Waals surface area contributed by atoms with Gasteiger partial charge >= 0.3 is 6.09 Å². The summed E-state index contributed by atoms with van der Waals surface area (Å²) in [5, 5.41) is 0.193. The van der Waals surface area contributed by atoms with Crippen LogP contribution in [-0.4, -0.2) is 38.5 Å². The second-order valence-corrected chi connectivity index (χ2v) is 14.0. The maximum Gasteiger partial charge on any atom is 0.410 e. The number of carbonyl (C=O) groups is 1. The Hall–Kier alpha value is -1.33. The summed E-state index contributed by atoms with van der Waals surface area (Å²) in [6, 6.07) is 9.81. The maximum atomic E-state index is 12.5. The molecule has 26 heavy (non-hydrogen) atoms. The number of rotatable bonds is 4. The topological polar surface area (TPSA) is 38.8 Å². The van der Waals surface area contributed by atoms with E-state index in [1.165, 1.54) is 0 Å². The number of carbonyl (C=O) groups excluding carboxylic acids is 1. The van der Waals surface area contributed by atoms with Crippen LogP contribution in [0.25, 0.3) is 0 Å². The molecule has 0 aliphatic carbocycles. The van der Waals surface area contributed by atoms with Crippen molar-refractivity contribution in [2.75, 3.05) is 13.1 Å². The van der Waals surface area contributed by atoms with Crippen molar-refractivity contribution in [3.05, 3.63) is 35.9 Å². The first-order chi connectivity index (χ1) is 12.0. The van der Waals surface area contributed by atoms with Gasteiger partial charge in [-0.1, -0.05) is 65.0 Å². The van der Waals surface area contributed by atoms with Crippen LogP contribution in [0.4, 0.5) is 4.79 Å². The molecule has 1 amide bonds. The van der Waals surface area contributed by atoms with Crippen molar-refractivity contribution in [2.24, 2.45) is 11.8 Å². The summed E-state index contributed by atoms with van der Waals surface area (Å²) in [4.78, 5) is 14.3. The average molecular weight is 378 g/mol. The predicted molar refractivity (Wildman–Crippen MR) is 109 cm³/mol. The molecule has 4 nitrogen and oxygen atoms in total. The minimum absolute atomic E-state index is 0.193. The zero-order valence-electron chi connectivity index (χ0n) is 17.4. The first-order valence-corrected chi connectivity index (χ1v) is 12.6. The Bertz CT molecular complexity index is 585. The van der Waals surface area contributed by atoms with Crippen LogP contribution in [0, 0.1) is 11.8 Å². The highest BCUT2D eigenvalue weighted by molar-refractivity contribution is 6.74. The lowest BCUT2D eigenvalue weighted by molar-refractivity contribution is -0.00293. The van der Waals surface area contributed by atoms with E-state index in [9.17, 15) is 4.79 Å². The van der Waals surface area contributed by atoms with Crippen LogP contribution < -0.4 is 0 Å². The second-order valence-electron chi connectivity index (χ2n) is 9.24. The Morgan fingerprint density at radius 3 is 2.15 bits per heavy atom. The molecule has 146 valence electrons. The van der Waals surface area contributed by atoms with E-state index in [-0.39, 0.29) is 17.2 Å². The first kappa shape index (κ1) is 21.0. The minimum Gasteiger partial charge on any atom is -0.445 e. The lowest BCUT2D eigenvalue weighted by Crippen LogP contribution is -2.55. The number of hydrogen-bond acceptors (Lipinski definition) is 3. The Morgan fingerprint density at radius 2 is 1.65 bits per heavy atom. The van der Waals surface area contributed by atoms with E-state index < -0.39 is 8.32 Å². The predicted octanol–water partition coefficient (Wildman–Crippen LogP) is 5.30. The van der Waals surface area contributed by atoms with Crippen molar-refractivity contribution < 1.29 is 14.0 Å². The minimum atomic E-state index is -1.82. The van der Waals surface area contributed by atoms with Crippen LogP contribution in [0.3, 0.4) is 0 Å². The van der Waals surface area contributed by atoms with Crippen molar-refractivity contribution in [2.45, 2.75) is 65.5 Å². The van der Waals surface area contributed by atoms with E-state index >= 15 is 0 Å². The Morgan fingerprint density at radius 1 is 1.12 bits per heavy atom. The molecule has 1 heterocycles. The quantitative estimate of drug-likeness (QED) is 0.668. The van der Waals surface area contributed by atoms with Crippen LogP contribution in [0.5, 0.6) is 0 Å². The molecule has 1 fully saturated rings. The van der Waals surface area contributed by atoms with E-state index in [4.69, 9.17) is 9.16 Å². The lowest BCUT2D eigenvalue weighted by Gasteiger charge is -2.46. The van der Waals surface area contributed by atoms with Crippen molar-refractivity contribution in [1.82, 2.24) is 4.90 Å². The number of amides is 1. The van der Waals surface area contributed by atoms with Gasteiger partial charge in [0.2, 0.25) is 0 Å². The molecule has 0 N–H and O–H groups in total. The van der Waals surface area contributed by atoms with Gasteiger partial charge in [-0.25, -0.2) is 4.79 Å². The van der Waals surface area contributed by atoms with Crippen LogP contribution in [0.2, 0.25) is 18.1 Å². The fourth-order valence-electron chi connectivity index (χ4n) is 3.25. The van der Waals surface area contributed by atoms with Crippen molar-refractivity contribution in [3.63, 3.8) is 0 Å². The molecular formula is C21H35NO3Si. The molecule has 0 bridgehead atoms. The molecule has 1 unspecified atom stereocenters. The Labute approximate surface area is 160 Å². The summed E-state index contributed by atoms with van der Waals surface area (Å²) in [5.41, 5.74) is 1.01. The van der Waals surface area contributed by atoms with Gasteiger partial charge in [0, 0.05) is 13.1 Å². The lowest BCUT2D eigenvalue weighted by atomic mass is 9.89. The van der Waals surface area contributed by atoms with Gasteiger partial charge in [0.05, 0.1) is 6.10 Å². The molecule has 3 atom stereocenters. The van der Waals surface area contributed by atoms with E-state index in [1.54, 1.807) is 0 Å². The van der Waals surface area contributed by atoms with Crippen LogP contribution in [0.1, 0.15) is 40.2 Å². The number of piperidine rings is 1. The van der Waals surface area contributed by atoms with Gasteiger partial charge < -0.3 is 14.1 Å². The molecule has 1 saturated heterocycles. The number of benzene rings is 1. The van der Waals surface area contributed by atoms with Gasteiger partial charge in [-0.2, -0.15) is 0 Å². The van der Waals surface area contributed by atoms with Gasteiger partial charge in [-0.15, -0.1) is 0 Å². The number of hydrogen-bond donors (Lipinski definition) is 0. The Balaban J connectivity index is 1.93. The molecule has 0 aromatic heterocycles. The molecule has 1 aliphatic rings. The van der Waals surface area contributed by atoms with Gasteiger partial charge in [-0.3, -0.25) is 0 Å². The molecule has 5 heteroatoms. The third-order valence-electron chi connectivity index (χ3n) is 5.84. The zero-order valence-corrected chi connectivity index (χ0v) is 18.4. The summed E-state index contributed by atoms with van der Waals surface area (Å²) in [6.07, 6.45) is -0.0209. The van der Waals surface area contributed by atoms with E-state index in [1.807, 2.05) is 35.2 Å². The number of likely N-dealkylation sites (tertiary alicyclic amines) is 1. The van der Waals surface area contributed by atoms with E-state index in [0.717, 1.165) is 5.56 Å². The highest BCUT2D eigenvalue weighted by Gasteiger charge is 2.43. The summed E-state index contributed by atoms with van der Waals surface area (Å²) in [7, 11) is -1.82. The van der Waals surface area contributed by atoms with E-state index in [0.29, 0.717) is 31.5 Å². The zero-order chi connectivity index (χ0) is 19.5. The Kier molecular flexibility index (Phi) is 6.56.